The van der Waals surface area contributed by atoms with E-state index < -0.39 is 6.10 Å². The second kappa shape index (κ2) is 5.26. The van der Waals surface area contributed by atoms with Crippen molar-refractivity contribution < 1.29 is 5.11 Å². The van der Waals surface area contributed by atoms with Gasteiger partial charge in [-0.2, -0.15) is 0 Å². The average Bonchev–Trinajstić information content (AvgIpc) is 3.00. The fourth-order valence-corrected chi connectivity index (χ4v) is 3.62. The van der Waals surface area contributed by atoms with E-state index in [9.17, 15) is 5.11 Å². The Morgan fingerprint density at radius 1 is 0.909 bits per heavy atom. The molecule has 0 heterocycles. The average molecular weight is 288 g/mol. The summed E-state index contributed by atoms with van der Waals surface area (Å²) in [5.41, 5.74) is 6.13. The number of benzene rings is 3. The summed E-state index contributed by atoms with van der Waals surface area (Å²) in [5, 5.41) is 13.4. The first-order chi connectivity index (χ1) is 10.8. The summed E-state index contributed by atoms with van der Waals surface area (Å²) >= 11 is 0. The standard InChI is InChI=1S/C21H20O/c1-2-14-6-8-17(9-7-14)21(22)19-13-12-16-11-10-15-4-3-5-18(19)20(15)16/h3-9,12-13,21-22H,2,10-11H2,1H3. The van der Waals surface area contributed by atoms with Crippen molar-refractivity contribution in [3.8, 4) is 0 Å². The molecule has 0 spiro atoms. The molecule has 3 aromatic carbocycles. The van der Waals surface area contributed by atoms with E-state index in [1.54, 1.807) is 0 Å². The predicted molar refractivity (Wildman–Crippen MR) is 91.2 cm³/mol. The summed E-state index contributed by atoms with van der Waals surface area (Å²) < 4.78 is 0. The first-order valence-corrected chi connectivity index (χ1v) is 8.08. The number of rotatable bonds is 3. The Bertz CT molecular complexity index is 820. The van der Waals surface area contributed by atoms with Gasteiger partial charge in [0.05, 0.1) is 0 Å². The quantitative estimate of drug-likeness (QED) is 0.748. The Morgan fingerprint density at radius 2 is 1.64 bits per heavy atom. The largest absolute Gasteiger partial charge is 0.384 e. The molecule has 0 aliphatic heterocycles. The van der Waals surface area contributed by atoms with E-state index in [0.717, 1.165) is 30.4 Å². The molecule has 22 heavy (non-hydrogen) atoms. The van der Waals surface area contributed by atoms with Gasteiger partial charge in [0.15, 0.2) is 0 Å². The summed E-state index contributed by atoms with van der Waals surface area (Å²) in [6.07, 6.45) is 2.71. The van der Waals surface area contributed by atoms with E-state index in [4.69, 9.17) is 0 Å². The van der Waals surface area contributed by atoms with Crippen LogP contribution in [0.4, 0.5) is 0 Å². The molecular weight excluding hydrogens is 268 g/mol. The minimum Gasteiger partial charge on any atom is -0.384 e. The minimum absolute atomic E-state index is 0.559. The van der Waals surface area contributed by atoms with Crippen molar-refractivity contribution >= 4 is 10.8 Å². The molecule has 0 fully saturated rings. The molecular formula is C21H20O. The normalized spacial score (nSPS) is 14.5. The van der Waals surface area contributed by atoms with Crippen LogP contribution >= 0.6 is 0 Å². The highest BCUT2D eigenvalue weighted by molar-refractivity contribution is 5.93. The summed E-state index contributed by atoms with van der Waals surface area (Å²) in [6, 6.07) is 19.1. The van der Waals surface area contributed by atoms with E-state index in [1.165, 1.54) is 27.5 Å². The number of aliphatic hydroxyl groups is 1. The third kappa shape index (κ3) is 2.05. The van der Waals surface area contributed by atoms with Gasteiger partial charge in [-0.3, -0.25) is 0 Å². The van der Waals surface area contributed by atoms with Gasteiger partial charge in [0, 0.05) is 0 Å². The van der Waals surface area contributed by atoms with E-state index in [0.29, 0.717) is 0 Å². The lowest BCUT2D eigenvalue weighted by atomic mass is 9.93. The Balaban J connectivity index is 1.83. The van der Waals surface area contributed by atoms with Gasteiger partial charge in [-0.15, -0.1) is 0 Å². The van der Waals surface area contributed by atoms with Crippen LogP contribution in [0.25, 0.3) is 10.8 Å². The molecule has 1 unspecified atom stereocenters. The lowest BCUT2D eigenvalue weighted by Gasteiger charge is -2.16. The number of hydrogen-bond acceptors (Lipinski definition) is 1. The molecule has 1 nitrogen and oxygen atoms in total. The Hall–Kier alpha value is -2.12. The fourth-order valence-electron chi connectivity index (χ4n) is 3.62. The molecule has 0 aromatic heterocycles. The Kier molecular flexibility index (Phi) is 3.24. The van der Waals surface area contributed by atoms with Gasteiger partial charge < -0.3 is 5.11 Å². The molecule has 0 amide bonds. The van der Waals surface area contributed by atoms with Gasteiger partial charge in [0.1, 0.15) is 6.10 Å². The fraction of sp³-hybridized carbons (Fsp3) is 0.238. The summed E-state index contributed by atoms with van der Waals surface area (Å²) in [5.74, 6) is 0. The maximum Gasteiger partial charge on any atom is 0.105 e. The highest BCUT2D eigenvalue weighted by atomic mass is 16.3. The van der Waals surface area contributed by atoms with E-state index in [2.05, 4.69) is 49.4 Å². The third-order valence-electron chi connectivity index (χ3n) is 4.91. The number of aryl methyl sites for hydroxylation is 3. The van der Waals surface area contributed by atoms with E-state index in [-0.39, 0.29) is 0 Å². The van der Waals surface area contributed by atoms with Crippen molar-refractivity contribution in [2.45, 2.75) is 32.3 Å². The molecule has 110 valence electrons. The van der Waals surface area contributed by atoms with Crippen LogP contribution < -0.4 is 0 Å². The van der Waals surface area contributed by atoms with Gasteiger partial charge in [-0.1, -0.05) is 61.5 Å². The SMILES string of the molecule is CCc1ccc(C(O)c2ccc3c4c(cccc24)CC3)cc1. The first kappa shape index (κ1) is 13.5. The maximum atomic E-state index is 10.9. The van der Waals surface area contributed by atoms with Crippen LogP contribution in [0.1, 0.15) is 40.8 Å². The number of hydrogen-bond donors (Lipinski definition) is 1. The van der Waals surface area contributed by atoms with Crippen LogP contribution in [0.15, 0.2) is 54.6 Å². The predicted octanol–water partition coefficient (Wildman–Crippen LogP) is 4.58. The topological polar surface area (TPSA) is 20.2 Å². The van der Waals surface area contributed by atoms with Crippen LogP contribution in [0, 0.1) is 0 Å². The van der Waals surface area contributed by atoms with Crippen molar-refractivity contribution in [2.24, 2.45) is 0 Å². The lowest BCUT2D eigenvalue weighted by molar-refractivity contribution is 0.222. The second-order valence-corrected chi connectivity index (χ2v) is 6.15. The zero-order valence-corrected chi connectivity index (χ0v) is 12.8. The molecule has 1 atom stereocenters. The van der Waals surface area contributed by atoms with Crippen LogP contribution in [-0.2, 0) is 19.3 Å². The Labute approximate surface area is 131 Å². The van der Waals surface area contributed by atoms with Gasteiger partial charge in [-0.25, -0.2) is 0 Å². The first-order valence-electron chi connectivity index (χ1n) is 8.08. The Morgan fingerprint density at radius 3 is 2.36 bits per heavy atom. The molecule has 1 N–H and O–H groups in total. The molecule has 1 heteroatoms. The molecule has 0 radical (unpaired) electrons. The van der Waals surface area contributed by atoms with Gasteiger partial charge >= 0.3 is 0 Å². The maximum absolute atomic E-state index is 10.9. The molecule has 3 aromatic rings. The molecule has 1 aliphatic rings. The molecule has 0 bridgehead atoms. The van der Waals surface area contributed by atoms with Gasteiger partial charge in [0.25, 0.3) is 0 Å². The molecule has 4 rings (SSSR count). The van der Waals surface area contributed by atoms with Crippen LogP contribution in [0.5, 0.6) is 0 Å². The van der Waals surface area contributed by atoms with Gasteiger partial charge in [0.2, 0.25) is 0 Å². The van der Waals surface area contributed by atoms with Gasteiger partial charge in [-0.05, 0) is 57.9 Å². The highest BCUT2D eigenvalue weighted by Crippen LogP contribution is 2.36. The molecule has 1 aliphatic carbocycles. The van der Waals surface area contributed by atoms with E-state index >= 15 is 0 Å². The lowest BCUT2D eigenvalue weighted by Crippen LogP contribution is -2.01. The summed E-state index contributed by atoms with van der Waals surface area (Å²) in [4.78, 5) is 0. The van der Waals surface area contributed by atoms with Crippen molar-refractivity contribution in [1.29, 1.82) is 0 Å². The zero-order valence-electron chi connectivity index (χ0n) is 12.8. The van der Waals surface area contributed by atoms with Crippen molar-refractivity contribution in [2.75, 3.05) is 0 Å². The van der Waals surface area contributed by atoms with Crippen LogP contribution in [0.3, 0.4) is 0 Å². The monoisotopic (exact) mass is 288 g/mol. The smallest absolute Gasteiger partial charge is 0.105 e. The number of aliphatic hydroxyl groups excluding tert-OH is 1. The van der Waals surface area contributed by atoms with Crippen molar-refractivity contribution in [3.63, 3.8) is 0 Å². The van der Waals surface area contributed by atoms with Crippen molar-refractivity contribution in [3.05, 3.63) is 82.4 Å². The minimum atomic E-state index is -0.559. The zero-order chi connectivity index (χ0) is 15.1. The summed E-state index contributed by atoms with van der Waals surface area (Å²) in [7, 11) is 0. The van der Waals surface area contributed by atoms with Crippen molar-refractivity contribution in [1.82, 2.24) is 0 Å². The summed E-state index contributed by atoms with van der Waals surface area (Å²) in [6.45, 7) is 2.15. The van der Waals surface area contributed by atoms with Crippen LogP contribution in [0.2, 0.25) is 0 Å². The van der Waals surface area contributed by atoms with E-state index in [1.807, 2.05) is 12.1 Å². The van der Waals surface area contributed by atoms with Crippen LogP contribution in [-0.4, -0.2) is 5.11 Å². The second-order valence-electron chi connectivity index (χ2n) is 6.15. The molecule has 0 saturated carbocycles. The molecule has 0 saturated heterocycles. The third-order valence-corrected chi connectivity index (χ3v) is 4.91. The highest BCUT2D eigenvalue weighted by Gasteiger charge is 2.19.